The number of aliphatic hydroxyl groups is 1. The fourth-order valence-electron chi connectivity index (χ4n) is 3.05. The Labute approximate surface area is 166 Å². The molecule has 0 spiro atoms. The third kappa shape index (κ3) is 3.79. The molecule has 1 heterocycles. The Morgan fingerprint density at radius 1 is 1.32 bits per heavy atom. The van der Waals surface area contributed by atoms with Crippen LogP contribution < -0.4 is 5.84 Å². The number of carbonyl (C=O) groups excluding carboxylic acids is 1. The summed E-state index contributed by atoms with van der Waals surface area (Å²) in [5.41, 5.74) is 11.1. The third-order valence-corrected chi connectivity index (χ3v) is 4.67. The van der Waals surface area contributed by atoms with Gasteiger partial charge in [0.2, 0.25) is 11.6 Å². The van der Waals surface area contributed by atoms with Crippen LogP contribution in [0.5, 0.6) is 0 Å². The maximum absolute atomic E-state index is 12.1. The lowest BCUT2D eigenvalue weighted by atomic mass is 10.00. The van der Waals surface area contributed by atoms with E-state index in [1.54, 1.807) is 12.1 Å². The highest BCUT2D eigenvalue weighted by Gasteiger charge is 2.19. The number of hydrogen-bond acceptors (Lipinski definition) is 5. The van der Waals surface area contributed by atoms with Crippen molar-refractivity contribution in [3.05, 3.63) is 75.9 Å². The van der Waals surface area contributed by atoms with Gasteiger partial charge in [0.15, 0.2) is 0 Å². The molecular weight excluding hydrogens is 378 g/mol. The molecule has 0 aliphatic heterocycles. The van der Waals surface area contributed by atoms with Crippen molar-refractivity contribution in [3.8, 4) is 0 Å². The summed E-state index contributed by atoms with van der Waals surface area (Å²) in [5.74, 6) is 3.49. The van der Waals surface area contributed by atoms with E-state index >= 15 is 0 Å². The Balaban J connectivity index is 2.16. The number of hydrogen-bond donors (Lipinski definition) is 4. The lowest BCUT2D eigenvalue weighted by Gasteiger charge is -2.07. The summed E-state index contributed by atoms with van der Waals surface area (Å²) in [6.45, 7) is 2.01. The fourth-order valence-corrected chi connectivity index (χ4v) is 3.22. The van der Waals surface area contributed by atoms with E-state index in [2.05, 4.69) is 15.2 Å². The molecule has 8 heteroatoms. The molecule has 142 valence electrons. The van der Waals surface area contributed by atoms with E-state index in [1.165, 1.54) is 0 Å². The number of aliphatic hydroxyl groups excluding tert-OH is 1. The molecule has 5 N–H and O–H groups in total. The normalized spacial score (nSPS) is 12.4. The van der Waals surface area contributed by atoms with Crippen LogP contribution in [0.4, 0.5) is 0 Å². The number of hydrazone groups is 1. The Hall–Kier alpha value is -3.45. The van der Waals surface area contributed by atoms with Gasteiger partial charge in [0.25, 0.3) is 0 Å². The first kappa shape index (κ1) is 19.3. The van der Waals surface area contributed by atoms with Gasteiger partial charge in [0.1, 0.15) is 5.76 Å². The quantitative estimate of drug-likeness (QED) is 0.0965. The van der Waals surface area contributed by atoms with Gasteiger partial charge in [-0.15, -0.1) is 5.11 Å². The highest BCUT2D eigenvalue weighted by molar-refractivity contribution is 6.44. The molecule has 0 bridgehead atoms. The number of aryl methyl sites for hydroxylation is 1. The lowest BCUT2D eigenvalue weighted by molar-refractivity contribution is -0.109. The summed E-state index contributed by atoms with van der Waals surface area (Å²) >= 11 is 6.13. The van der Waals surface area contributed by atoms with Crippen LogP contribution in [0, 0.1) is 12.5 Å². The number of rotatable bonds is 5. The molecule has 0 amide bonds. The number of benzene rings is 2. The van der Waals surface area contributed by atoms with Gasteiger partial charge in [-0.05, 0) is 36.2 Å². The molecule has 28 heavy (non-hydrogen) atoms. The number of nitrogens with one attached hydrogen (secondary N) is 2. The van der Waals surface area contributed by atoms with Crippen LogP contribution in [0.15, 0.2) is 58.8 Å². The number of aromatic nitrogens is 1. The first-order valence-corrected chi connectivity index (χ1v) is 8.77. The minimum atomic E-state index is -0.770. The molecule has 3 aromatic rings. The van der Waals surface area contributed by atoms with Gasteiger partial charge in [-0.2, -0.15) is 5.10 Å². The van der Waals surface area contributed by atoms with Crippen molar-refractivity contribution in [3.63, 3.8) is 0 Å². The van der Waals surface area contributed by atoms with Crippen LogP contribution in [0.3, 0.4) is 0 Å². The van der Waals surface area contributed by atoms with Crippen LogP contribution in [-0.4, -0.2) is 21.7 Å². The predicted molar refractivity (Wildman–Crippen MR) is 110 cm³/mol. The van der Waals surface area contributed by atoms with Crippen LogP contribution >= 0.6 is 11.6 Å². The first-order chi connectivity index (χ1) is 13.4. The van der Waals surface area contributed by atoms with Crippen molar-refractivity contribution in [2.75, 3.05) is 0 Å². The number of nitrogens with zero attached hydrogens (tertiary/aromatic N) is 2. The Morgan fingerprint density at radius 2 is 2.07 bits per heavy atom. The monoisotopic (exact) mass is 395 g/mol. The van der Waals surface area contributed by atoms with Crippen molar-refractivity contribution in [2.24, 2.45) is 16.1 Å². The number of ketones is 1. The summed E-state index contributed by atoms with van der Waals surface area (Å²) in [6.07, 6.45) is 1.47. The van der Waals surface area contributed by atoms with Crippen LogP contribution in [-0.2, 0) is 11.2 Å². The summed E-state index contributed by atoms with van der Waals surface area (Å²) < 4.78 is 0. The molecule has 2 aromatic carbocycles. The lowest BCUT2D eigenvalue weighted by Crippen LogP contribution is -2.11. The van der Waals surface area contributed by atoms with Gasteiger partial charge >= 0.3 is 0 Å². The van der Waals surface area contributed by atoms with Crippen LogP contribution in [0.1, 0.15) is 22.4 Å². The molecule has 7 nitrogen and oxygen atoms in total. The number of amidine groups is 1. The zero-order valence-corrected chi connectivity index (χ0v) is 15.8. The third-order valence-electron chi connectivity index (χ3n) is 4.44. The maximum Gasteiger partial charge on any atom is 0.239 e. The Bertz CT molecular complexity index is 1130. The number of carbonyl (C=O) groups is 1. The average molecular weight is 396 g/mol. The second-order valence-electron chi connectivity index (χ2n) is 6.23. The zero-order chi connectivity index (χ0) is 20.3. The summed E-state index contributed by atoms with van der Waals surface area (Å²) in [5, 5.41) is 18.0. The van der Waals surface area contributed by atoms with Crippen molar-refractivity contribution in [1.82, 2.24) is 4.98 Å². The minimum Gasteiger partial charge on any atom is -0.507 e. The molecule has 0 saturated heterocycles. The molecular formula is C20H18ClN5O2. The van der Waals surface area contributed by atoms with E-state index < -0.39 is 11.6 Å². The van der Waals surface area contributed by atoms with E-state index in [1.807, 2.05) is 37.3 Å². The molecule has 0 fully saturated rings. The summed E-state index contributed by atoms with van der Waals surface area (Å²) in [4.78, 5) is 15.4. The fraction of sp³-hybridized carbons (Fsp3) is 0.100. The molecule has 0 radical (unpaired) electrons. The highest BCUT2D eigenvalue weighted by atomic mass is 35.5. The van der Waals surface area contributed by atoms with Crippen molar-refractivity contribution in [1.29, 1.82) is 5.53 Å². The van der Waals surface area contributed by atoms with Crippen molar-refractivity contribution < 1.29 is 9.90 Å². The number of halogens is 1. The molecule has 1 aromatic heterocycles. The number of H-pyrrole nitrogens is 1. The first-order valence-electron chi connectivity index (χ1n) is 8.40. The molecule has 0 saturated carbocycles. The van der Waals surface area contributed by atoms with Gasteiger partial charge in [0.05, 0.1) is 0 Å². The number of fused-ring (bicyclic) bond motifs is 1. The molecule has 0 atom stereocenters. The molecule has 0 aliphatic carbocycles. The largest absolute Gasteiger partial charge is 0.507 e. The molecule has 0 unspecified atom stereocenters. The molecule has 3 rings (SSSR count). The Kier molecular flexibility index (Phi) is 5.56. The van der Waals surface area contributed by atoms with Crippen LogP contribution in [0.25, 0.3) is 16.7 Å². The van der Waals surface area contributed by atoms with Gasteiger partial charge < -0.3 is 15.9 Å². The van der Waals surface area contributed by atoms with Crippen molar-refractivity contribution >= 4 is 39.9 Å². The summed E-state index contributed by atoms with van der Waals surface area (Å²) in [7, 11) is 0. The van der Waals surface area contributed by atoms with E-state index in [-0.39, 0.29) is 5.76 Å². The number of nitrogens with two attached hydrogens (primary N) is 1. The van der Waals surface area contributed by atoms with E-state index in [4.69, 9.17) is 23.0 Å². The smallest absolute Gasteiger partial charge is 0.239 e. The maximum atomic E-state index is 12.1. The van der Waals surface area contributed by atoms with Gasteiger partial charge in [-0.1, -0.05) is 35.9 Å². The average Bonchev–Trinajstić information content (AvgIpc) is 3.01. The predicted octanol–water partition coefficient (Wildman–Crippen LogP) is 4.49. The zero-order valence-electron chi connectivity index (χ0n) is 15.0. The standard InChI is InChI=1S/C20H18ClN5O2/c1-11-4-2-3-5-12(11)8-16-19(14-9-13(21)6-7-15(14)24-16)17(27)10-18(28)20(25-22)26-23/h2-7,9-10,22,24,27H,8,23H2,1H3/b17-10-,25-22?,26-20-. The second kappa shape index (κ2) is 8.06. The van der Waals surface area contributed by atoms with E-state index in [9.17, 15) is 9.90 Å². The minimum absolute atomic E-state index is 0.285. The number of aromatic amines is 1. The molecule has 0 aliphatic rings. The van der Waals surface area contributed by atoms with Gasteiger partial charge in [-0.25, -0.2) is 5.53 Å². The van der Waals surface area contributed by atoms with E-state index in [0.717, 1.165) is 28.4 Å². The van der Waals surface area contributed by atoms with Gasteiger partial charge in [-0.3, -0.25) is 4.79 Å². The second-order valence-corrected chi connectivity index (χ2v) is 6.67. The van der Waals surface area contributed by atoms with Gasteiger partial charge in [0, 0.05) is 39.7 Å². The van der Waals surface area contributed by atoms with E-state index in [0.29, 0.717) is 22.4 Å². The van der Waals surface area contributed by atoms with Crippen LogP contribution in [0.2, 0.25) is 5.02 Å². The topological polar surface area (TPSA) is 128 Å². The SMILES string of the molecule is Cc1ccccc1Cc1[nH]c2ccc(Cl)cc2c1/C(O)=C/C(=O)/C(N=N)=N/N. The summed E-state index contributed by atoms with van der Waals surface area (Å²) in [6, 6.07) is 13.2. The Morgan fingerprint density at radius 3 is 2.75 bits per heavy atom. The van der Waals surface area contributed by atoms with Crippen molar-refractivity contribution in [2.45, 2.75) is 13.3 Å². The highest BCUT2D eigenvalue weighted by Crippen LogP contribution is 2.31.